The standard InChI is InChI=1S/C19H21FN2O12P2/c1-8-7-33-15-12(11(20)5-9-13(15)22(8)6-10(14(9)23)16(24)25)19(3-4-19)21-17(26)34-18(2,35(27,28)29)36(30,31)32/h5-6,8H,3-4,7H2,1-2H3,(H,21,26)(H,24,25)(H2,27,28,29)(H2,30,31,32)/t8-/m1/s1. The number of carbonyl (C=O) groups excluding carboxylic acids is 1. The van der Waals surface area contributed by atoms with E-state index < -0.39 is 60.7 Å². The Morgan fingerprint density at radius 2 is 1.83 bits per heavy atom. The Morgan fingerprint density at radius 3 is 2.33 bits per heavy atom. The molecule has 1 aromatic carbocycles. The minimum Gasteiger partial charge on any atom is -0.489 e. The minimum absolute atomic E-state index is 0.0461. The van der Waals surface area contributed by atoms with Gasteiger partial charge in [-0.05, 0) is 32.8 Å². The lowest BCUT2D eigenvalue weighted by molar-refractivity contribution is 0.0694. The molecule has 1 saturated carbocycles. The van der Waals surface area contributed by atoms with Crippen LogP contribution in [0.4, 0.5) is 9.18 Å². The molecule has 1 aliphatic carbocycles. The molecule has 2 aliphatic rings. The number of aromatic nitrogens is 1. The van der Waals surface area contributed by atoms with E-state index in [9.17, 15) is 48.2 Å². The predicted molar refractivity (Wildman–Crippen MR) is 118 cm³/mol. The lowest BCUT2D eigenvalue weighted by Gasteiger charge is -2.32. The first kappa shape index (κ1) is 26.3. The number of alkyl carbamates (subject to hydrolysis) is 1. The van der Waals surface area contributed by atoms with E-state index in [0.717, 1.165) is 12.3 Å². The lowest BCUT2D eigenvalue weighted by atomic mass is 9.97. The topological polar surface area (TPSA) is 222 Å². The molecule has 0 unspecified atom stereocenters. The minimum atomic E-state index is -5.69. The molecule has 1 amide bonds. The van der Waals surface area contributed by atoms with Crippen LogP contribution >= 0.6 is 15.2 Å². The summed E-state index contributed by atoms with van der Waals surface area (Å²) < 4.78 is 50.5. The van der Waals surface area contributed by atoms with Gasteiger partial charge in [0.05, 0.1) is 28.0 Å². The highest BCUT2D eigenvalue weighted by atomic mass is 31.2. The number of amides is 1. The van der Waals surface area contributed by atoms with Crippen LogP contribution in [0.1, 0.15) is 48.7 Å². The Balaban J connectivity index is 1.82. The first-order valence-corrected chi connectivity index (χ1v) is 13.6. The van der Waals surface area contributed by atoms with Gasteiger partial charge in [-0.2, -0.15) is 0 Å². The molecule has 196 valence electrons. The van der Waals surface area contributed by atoms with E-state index in [-0.39, 0.29) is 41.7 Å². The number of pyridine rings is 1. The summed E-state index contributed by atoms with van der Waals surface area (Å²) in [6.45, 7) is 2.00. The molecule has 0 saturated heterocycles. The van der Waals surface area contributed by atoms with E-state index in [1.165, 1.54) is 4.57 Å². The Morgan fingerprint density at radius 1 is 1.25 bits per heavy atom. The second kappa shape index (κ2) is 8.10. The molecule has 4 rings (SSSR count). The number of nitrogens with zero attached hydrogens (tertiary/aromatic N) is 1. The van der Waals surface area contributed by atoms with Gasteiger partial charge in [0.1, 0.15) is 18.0 Å². The third-order valence-electron chi connectivity index (χ3n) is 6.33. The van der Waals surface area contributed by atoms with Crippen molar-refractivity contribution in [3.8, 4) is 5.75 Å². The number of nitrogens with one attached hydrogen (secondary N) is 1. The Bertz CT molecular complexity index is 1450. The highest BCUT2D eigenvalue weighted by Crippen LogP contribution is 2.69. The zero-order valence-corrected chi connectivity index (χ0v) is 20.5. The highest BCUT2D eigenvalue weighted by Gasteiger charge is 2.61. The van der Waals surface area contributed by atoms with Crippen LogP contribution in [0.15, 0.2) is 17.1 Å². The van der Waals surface area contributed by atoms with Gasteiger partial charge in [0.2, 0.25) is 5.43 Å². The maximum Gasteiger partial charge on any atom is 0.409 e. The zero-order valence-electron chi connectivity index (χ0n) is 18.7. The summed E-state index contributed by atoms with van der Waals surface area (Å²) in [5.41, 5.74) is -3.23. The molecule has 36 heavy (non-hydrogen) atoms. The van der Waals surface area contributed by atoms with E-state index in [4.69, 9.17) is 4.74 Å². The summed E-state index contributed by atoms with van der Waals surface area (Å²) in [5, 5.41) is 7.82. The van der Waals surface area contributed by atoms with E-state index in [2.05, 4.69) is 10.1 Å². The number of aromatic carboxylic acids is 1. The normalized spacial score (nSPS) is 18.9. The fourth-order valence-corrected chi connectivity index (χ4v) is 5.83. The fraction of sp³-hybridized carbons (Fsp3) is 0.421. The molecule has 1 aromatic heterocycles. The van der Waals surface area contributed by atoms with Crippen LogP contribution in [-0.2, 0) is 19.4 Å². The third kappa shape index (κ3) is 3.92. The van der Waals surface area contributed by atoms with Crippen LogP contribution in [0.3, 0.4) is 0 Å². The number of benzene rings is 1. The largest absolute Gasteiger partial charge is 0.489 e. The van der Waals surface area contributed by atoms with Gasteiger partial charge in [0, 0.05) is 6.20 Å². The Hall–Kier alpha value is -2.80. The van der Waals surface area contributed by atoms with Gasteiger partial charge < -0.3 is 44.0 Å². The number of carbonyl (C=O) groups is 2. The maximum absolute atomic E-state index is 15.4. The van der Waals surface area contributed by atoms with E-state index in [1.807, 2.05) is 0 Å². The van der Waals surface area contributed by atoms with Crippen molar-refractivity contribution in [1.29, 1.82) is 0 Å². The van der Waals surface area contributed by atoms with Gasteiger partial charge >= 0.3 is 32.3 Å². The van der Waals surface area contributed by atoms with Crippen molar-refractivity contribution in [3.63, 3.8) is 0 Å². The van der Waals surface area contributed by atoms with Gasteiger partial charge in [0.15, 0.2) is 5.75 Å². The van der Waals surface area contributed by atoms with Crippen LogP contribution in [0.5, 0.6) is 5.75 Å². The molecule has 0 bridgehead atoms. The molecular weight excluding hydrogens is 529 g/mol. The zero-order chi connectivity index (χ0) is 27.0. The van der Waals surface area contributed by atoms with Crippen molar-refractivity contribution in [2.45, 2.75) is 43.4 Å². The van der Waals surface area contributed by atoms with E-state index in [0.29, 0.717) is 6.92 Å². The molecule has 2 heterocycles. The van der Waals surface area contributed by atoms with Crippen molar-refractivity contribution in [3.05, 3.63) is 39.4 Å². The molecular formula is C19H21FN2O12P2. The molecule has 17 heteroatoms. The summed E-state index contributed by atoms with van der Waals surface area (Å²) in [5.74, 6) is -2.69. The third-order valence-corrected chi connectivity index (χ3v) is 10.2. The number of rotatable bonds is 6. The van der Waals surface area contributed by atoms with Crippen molar-refractivity contribution in [2.24, 2.45) is 0 Å². The number of carboxylic acids is 1. The fourth-order valence-electron chi connectivity index (χ4n) is 4.07. The van der Waals surface area contributed by atoms with Crippen LogP contribution < -0.4 is 15.5 Å². The Kier molecular flexibility index (Phi) is 5.91. The molecule has 14 nitrogen and oxygen atoms in total. The monoisotopic (exact) mass is 550 g/mol. The van der Waals surface area contributed by atoms with E-state index >= 15 is 4.39 Å². The summed E-state index contributed by atoms with van der Waals surface area (Å²) in [4.78, 5) is 74.4. The molecule has 0 spiro atoms. The summed E-state index contributed by atoms with van der Waals surface area (Å²) in [6.07, 6.45) is -0.374. The van der Waals surface area contributed by atoms with Gasteiger partial charge in [-0.15, -0.1) is 0 Å². The molecule has 1 atom stereocenters. The van der Waals surface area contributed by atoms with Crippen molar-refractivity contribution in [2.75, 3.05) is 6.61 Å². The van der Waals surface area contributed by atoms with Crippen molar-refractivity contribution < 1.29 is 57.3 Å². The van der Waals surface area contributed by atoms with Crippen LogP contribution in [0.25, 0.3) is 10.9 Å². The average Bonchev–Trinajstić information content (AvgIpc) is 3.49. The van der Waals surface area contributed by atoms with Crippen LogP contribution in [0, 0.1) is 5.82 Å². The Labute approximate surface area is 201 Å². The van der Waals surface area contributed by atoms with Gasteiger partial charge in [-0.3, -0.25) is 13.9 Å². The number of hydrogen-bond acceptors (Lipinski definition) is 7. The van der Waals surface area contributed by atoms with Gasteiger partial charge in [-0.25, -0.2) is 14.0 Å². The summed E-state index contributed by atoms with van der Waals surface area (Å²) in [6, 6.07) is 0.362. The first-order chi connectivity index (χ1) is 16.4. The number of ether oxygens (including phenoxy) is 2. The van der Waals surface area contributed by atoms with Gasteiger partial charge in [0.25, 0.3) is 0 Å². The van der Waals surface area contributed by atoms with E-state index in [1.54, 1.807) is 6.92 Å². The lowest BCUT2D eigenvalue weighted by Crippen LogP contribution is -2.42. The smallest absolute Gasteiger partial charge is 0.409 e. The average molecular weight is 550 g/mol. The molecule has 2 aromatic rings. The quantitative estimate of drug-likeness (QED) is 0.282. The molecule has 6 N–H and O–H groups in total. The predicted octanol–water partition coefficient (Wildman–Crippen LogP) is 1.54. The highest BCUT2D eigenvalue weighted by molar-refractivity contribution is 7.72. The molecule has 0 radical (unpaired) electrons. The number of carboxylic acid groups (broad SMARTS) is 1. The second-order valence-corrected chi connectivity index (χ2v) is 13.1. The van der Waals surface area contributed by atoms with Crippen LogP contribution in [-0.4, -0.2) is 53.0 Å². The summed E-state index contributed by atoms with van der Waals surface area (Å²) in [7, 11) is -11.4. The number of halogens is 1. The van der Waals surface area contributed by atoms with Crippen molar-refractivity contribution >= 4 is 38.2 Å². The number of hydrogen-bond donors (Lipinski definition) is 6. The van der Waals surface area contributed by atoms with Crippen LogP contribution in [0.2, 0.25) is 0 Å². The first-order valence-electron chi connectivity index (χ1n) is 10.3. The van der Waals surface area contributed by atoms with Crippen molar-refractivity contribution in [1.82, 2.24) is 9.88 Å². The molecule has 1 fully saturated rings. The maximum atomic E-state index is 15.4. The second-order valence-electron chi connectivity index (χ2n) is 8.82. The summed E-state index contributed by atoms with van der Waals surface area (Å²) >= 11 is 0. The SMILES string of the molecule is C[C@@H]1COc2c(C3(NC(=O)OC(C)(P(=O)(O)O)P(=O)(O)O)CC3)c(F)cc3c(=O)c(C(=O)O)cn1c23. The van der Waals surface area contributed by atoms with Gasteiger partial charge in [-0.1, -0.05) is 0 Å². The molecule has 1 aliphatic heterocycles.